The molecule has 1 heterocycles. The molecule has 2 aromatic rings. The zero-order valence-electron chi connectivity index (χ0n) is 9.07. The second kappa shape index (κ2) is 4.77. The molecular formula is C12H10ClNO2S. The molecule has 1 aromatic carbocycles. The molecule has 0 bridgehead atoms. The lowest BCUT2D eigenvalue weighted by atomic mass is 10.1. The Bertz CT molecular complexity index is 565. The van der Waals surface area contributed by atoms with Crippen LogP contribution in [0.4, 0.5) is 5.69 Å². The molecule has 0 unspecified atom stereocenters. The molecule has 0 fully saturated rings. The van der Waals surface area contributed by atoms with E-state index in [-0.39, 0.29) is 5.78 Å². The van der Waals surface area contributed by atoms with Crippen LogP contribution in [0.15, 0.2) is 29.6 Å². The molecule has 17 heavy (non-hydrogen) atoms. The summed E-state index contributed by atoms with van der Waals surface area (Å²) < 4.78 is 5.11. The monoisotopic (exact) mass is 267 g/mol. The molecule has 2 N–H and O–H groups in total. The normalized spacial score (nSPS) is 10.2. The van der Waals surface area contributed by atoms with Gasteiger partial charge in [0, 0.05) is 5.56 Å². The van der Waals surface area contributed by atoms with Gasteiger partial charge in [0.2, 0.25) is 5.78 Å². The van der Waals surface area contributed by atoms with Crippen LogP contribution in [0.3, 0.4) is 0 Å². The molecule has 5 heteroatoms. The maximum atomic E-state index is 12.2. The van der Waals surface area contributed by atoms with E-state index in [0.717, 1.165) is 0 Å². The Hall–Kier alpha value is -1.52. The molecule has 0 spiro atoms. The lowest BCUT2D eigenvalue weighted by Crippen LogP contribution is -2.02. The van der Waals surface area contributed by atoms with E-state index in [1.54, 1.807) is 24.3 Å². The maximum absolute atomic E-state index is 12.2. The molecule has 0 saturated carbocycles. The fourth-order valence-electron chi connectivity index (χ4n) is 1.44. The van der Waals surface area contributed by atoms with E-state index >= 15 is 0 Å². The van der Waals surface area contributed by atoms with E-state index in [1.165, 1.54) is 18.4 Å². The Kier molecular flexibility index (Phi) is 3.36. The molecular weight excluding hydrogens is 258 g/mol. The van der Waals surface area contributed by atoms with Crippen molar-refractivity contribution in [3.63, 3.8) is 0 Å². The molecule has 0 radical (unpaired) electrons. The van der Waals surface area contributed by atoms with Crippen molar-refractivity contribution in [2.75, 3.05) is 12.8 Å². The van der Waals surface area contributed by atoms with Gasteiger partial charge >= 0.3 is 0 Å². The first kappa shape index (κ1) is 12.0. The van der Waals surface area contributed by atoms with Gasteiger partial charge in [0.25, 0.3) is 0 Å². The highest BCUT2D eigenvalue weighted by atomic mass is 35.5. The minimum Gasteiger partial charge on any atom is -0.495 e. The Morgan fingerprint density at radius 1 is 1.41 bits per heavy atom. The fraction of sp³-hybridized carbons (Fsp3) is 0.0833. The number of ether oxygens (including phenoxy) is 1. The van der Waals surface area contributed by atoms with Crippen LogP contribution >= 0.6 is 22.9 Å². The molecule has 0 amide bonds. The second-order valence-corrected chi connectivity index (χ2v) is 4.71. The number of rotatable bonds is 3. The van der Waals surface area contributed by atoms with Crippen LogP contribution in [0.25, 0.3) is 0 Å². The van der Waals surface area contributed by atoms with Crippen molar-refractivity contribution in [2.24, 2.45) is 0 Å². The van der Waals surface area contributed by atoms with Crippen LogP contribution in [0.5, 0.6) is 5.75 Å². The van der Waals surface area contributed by atoms with Gasteiger partial charge in [-0.3, -0.25) is 4.79 Å². The van der Waals surface area contributed by atoms with E-state index < -0.39 is 0 Å². The van der Waals surface area contributed by atoms with Crippen LogP contribution in [-0.4, -0.2) is 12.9 Å². The van der Waals surface area contributed by atoms with Crippen LogP contribution < -0.4 is 10.5 Å². The smallest absolute Gasteiger partial charge is 0.206 e. The Balaban J connectivity index is 2.40. The van der Waals surface area contributed by atoms with E-state index in [9.17, 15) is 4.79 Å². The van der Waals surface area contributed by atoms with E-state index in [1.807, 2.05) is 5.38 Å². The molecule has 0 aliphatic heterocycles. The zero-order chi connectivity index (χ0) is 12.4. The number of hydrogen-bond acceptors (Lipinski definition) is 4. The average molecular weight is 268 g/mol. The molecule has 3 nitrogen and oxygen atoms in total. The Morgan fingerprint density at radius 2 is 2.18 bits per heavy atom. The van der Waals surface area contributed by atoms with Crippen LogP contribution in [0.2, 0.25) is 5.02 Å². The molecule has 2 rings (SSSR count). The van der Waals surface area contributed by atoms with E-state index in [2.05, 4.69) is 0 Å². The molecule has 88 valence electrons. The minimum absolute atomic E-state index is 0.111. The van der Waals surface area contributed by atoms with Gasteiger partial charge < -0.3 is 10.5 Å². The predicted octanol–water partition coefficient (Wildman–Crippen LogP) is 3.22. The van der Waals surface area contributed by atoms with Crippen LogP contribution in [0.1, 0.15) is 15.2 Å². The topological polar surface area (TPSA) is 52.3 Å². The number of thiophene rings is 1. The van der Waals surface area contributed by atoms with Crippen LogP contribution in [-0.2, 0) is 0 Å². The maximum Gasteiger partial charge on any atom is 0.206 e. The molecule has 0 atom stereocenters. The van der Waals surface area contributed by atoms with Crippen molar-refractivity contribution in [1.82, 2.24) is 0 Å². The quantitative estimate of drug-likeness (QED) is 0.686. The standard InChI is InChI=1S/C12H10ClNO2S/c1-16-10-4-5-17-12(10)11(15)7-2-3-8(13)9(14)6-7/h2-6H,14H2,1H3. The number of nitrogen functional groups attached to an aromatic ring is 1. The Labute approximate surface area is 108 Å². The summed E-state index contributed by atoms with van der Waals surface area (Å²) in [6.45, 7) is 0. The fourth-order valence-corrected chi connectivity index (χ4v) is 2.38. The highest BCUT2D eigenvalue weighted by molar-refractivity contribution is 7.12. The van der Waals surface area contributed by atoms with Crippen molar-refractivity contribution in [3.8, 4) is 5.75 Å². The highest BCUT2D eigenvalue weighted by Crippen LogP contribution is 2.28. The third kappa shape index (κ3) is 2.28. The first-order valence-electron chi connectivity index (χ1n) is 4.84. The number of carbonyl (C=O) groups is 1. The van der Waals surface area contributed by atoms with Gasteiger partial charge in [0.15, 0.2) is 0 Å². The Morgan fingerprint density at radius 3 is 2.82 bits per heavy atom. The summed E-state index contributed by atoms with van der Waals surface area (Å²) in [5.41, 5.74) is 6.57. The lowest BCUT2D eigenvalue weighted by molar-refractivity contribution is 0.104. The number of carbonyl (C=O) groups excluding carboxylic acids is 1. The number of hydrogen-bond donors (Lipinski definition) is 1. The van der Waals surface area contributed by atoms with E-state index in [4.69, 9.17) is 22.1 Å². The number of methoxy groups -OCH3 is 1. The van der Waals surface area contributed by atoms with Crippen molar-refractivity contribution in [1.29, 1.82) is 0 Å². The van der Waals surface area contributed by atoms with Gasteiger partial charge in [-0.25, -0.2) is 0 Å². The third-order valence-corrected chi connectivity index (χ3v) is 3.55. The first-order chi connectivity index (χ1) is 8.13. The first-order valence-corrected chi connectivity index (χ1v) is 6.10. The van der Waals surface area contributed by atoms with Gasteiger partial charge in [0.05, 0.1) is 17.8 Å². The average Bonchev–Trinajstić information content (AvgIpc) is 2.80. The predicted molar refractivity (Wildman–Crippen MR) is 70.2 cm³/mol. The summed E-state index contributed by atoms with van der Waals surface area (Å²) in [6.07, 6.45) is 0. The summed E-state index contributed by atoms with van der Waals surface area (Å²) in [7, 11) is 1.54. The molecule has 0 saturated heterocycles. The number of ketones is 1. The van der Waals surface area contributed by atoms with E-state index in [0.29, 0.717) is 26.9 Å². The zero-order valence-corrected chi connectivity index (χ0v) is 10.6. The largest absolute Gasteiger partial charge is 0.495 e. The van der Waals surface area contributed by atoms with Crippen molar-refractivity contribution >= 4 is 34.4 Å². The minimum atomic E-state index is -0.111. The lowest BCUT2D eigenvalue weighted by Gasteiger charge is -2.04. The number of benzene rings is 1. The summed E-state index contributed by atoms with van der Waals surface area (Å²) in [5, 5.41) is 2.26. The van der Waals surface area contributed by atoms with Crippen LogP contribution in [0, 0.1) is 0 Å². The van der Waals surface area contributed by atoms with Gasteiger partial charge in [-0.2, -0.15) is 0 Å². The van der Waals surface area contributed by atoms with Crippen molar-refractivity contribution < 1.29 is 9.53 Å². The van der Waals surface area contributed by atoms with Crippen molar-refractivity contribution in [2.45, 2.75) is 0 Å². The summed E-state index contributed by atoms with van der Waals surface area (Å²) >= 11 is 7.15. The number of halogens is 1. The summed E-state index contributed by atoms with van der Waals surface area (Å²) in [4.78, 5) is 12.7. The molecule has 0 aliphatic rings. The highest BCUT2D eigenvalue weighted by Gasteiger charge is 2.16. The SMILES string of the molecule is COc1ccsc1C(=O)c1ccc(Cl)c(N)c1. The number of anilines is 1. The second-order valence-electron chi connectivity index (χ2n) is 3.38. The molecule has 0 aliphatic carbocycles. The number of nitrogens with two attached hydrogens (primary N) is 1. The van der Waals surface area contributed by atoms with Gasteiger partial charge in [-0.15, -0.1) is 11.3 Å². The van der Waals surface area contributed by atoms with Crippen molar-refractivity contribution in [3.05, 3.63) is 45.1 Å². The molecule has 1 aromatic heterocycles. The van der Waals surface area contributed by atoms with Gasteiger partial charge in [-0.1, -0.05) is 11.6 Å². The van der Waals surface area contributed by atoms with Gasteiger partial charge in [-0.05, 0) is 29.6 Å². The summed E-state index contributed by atoms with van der Waals surface area (Å²) in [6, 6.07) is 6.60. The summed E-state index contributed by atoms with van der Waals surface area (Å²) in [5.74, 6) is 0.466. The third-order valence-electron chi connectivity index (χ3n) is 2.31. The van der Waals surface area contributed by atoms with Gasteiger partial charge in [0.1, 0.15) is 10.6 Å².